The molecule has 1 aliphatic heterocycles. The normalized spacial score (nSPS) is 24.6. The Morgan fingerprint density at radius 2 is 1.70 bits per heavy atom. The van der Waals surface area contributed by atoms with Crippen LogP contribution in [0.3, 0.4) is 0 Å². The van der Waals surface area contributed by atoms with Gasteiger partial charge < -0.3 is 5.43 Å². The highest BCUT2D eigenvalue weighted by Gasteiger charge is 2.24. The molecule has 0 spiro atoms. The van der Waals surface area contributed by atoms with E-state index in [1.165, 1.54) is 19.3 Å². The van der Waals surface area contributed by atoms with Crippen LogP contribution in [-0.4, -0.2) is 31.3 Å². The Labute approximate surface area is 122 Å². The van der Waals surface area contributed by atoms with E-state index in [4.69, 9.17) is 0 Å². The molecule has 2 unspecified atom stereocenters. The fraction of sp³-hybridized carbons (Fsp3) is 0.600. The highest BCUT2D eigenvalue weighted by molar-refractivity contribution is 7.91. The average Bonchev–Trinajstić information content (AvgIpc) is 2.43. The minimum atomic E-state index is -3.11. The van der Waals surface area contributed by atoms with E-state index in [0.29, 0.717) is 17.0 Å². The third-order valence-corrected chi connectivity index (χ3v) is 5.80. The molecule has 0 aromatic heterocycles. The van der Waals surface area contributed by atoms with Crippen molar-refractivity contribution in [2.45, 2.75) is 57.0 Å². The molecule has 1 N–H and O–H groups in total. The highest BCUT2D eigenvalue weighted by atomic mass is 32.2. The first-order valence-electron chi connectivity index (χ1n) is 7.32. The Morgan fingerprint density at radius 3 is 2.20 bits per heavy atom. The van der Waals surface area contributed by atoms with Crippen LogP contribution >= 0.6 is 0 Å². The number of piperidine rings is 1. The summed E-state index contributed by atoms with van der Waals surface area (Å²) in [5.41, 5.74) is 4.36. The van der Waals surface area contributed by atoms with Crippen LogP contribution in [0.5, 0.6) is 0 Å². The van der Waals surface area contributed by atoms with Crippen molar-refractivity contribution < 1.29 is 8.42 Å². The second-order valence-corrected chi connectivity index (χ2v) is 7.85. The summed E-state index contributed by atoms with van der Waals surface area (Å²) >= 11 is 0. The molecule has 112 valence electrons. The Kier molecular flexibility index (Phi) is 4.70. The van der Waals surface area contributed by atoms with E-state index in [1.54, 1.807) is 19.1 Å². The zero-order chi connectivity index (χ0) is 14.8. The van der Waals surface area contributed by atoms with Crippen LogP contribution in [0.1, 0.15) is 40.0 Å². The van der Waals surface area contributed by atoms with E-state index >= 15 is 0 Å². The summed E-state index contributed by atoms with van der Waals surface area (Å²) in [6.07, 6.45) is 3.66. The van der Waals surface area contributed by atoms with Gasteiger partial charge in [0.15, 0.2) is 9.84 Å². The fourth-order valence-corrected chi connectivity index (χ4v) is 3.58. The van der Waals surface area contributed by atoms with E-state index in [0.717, 1.165) is 5.69 Å². The van der Waals surface area contributed by atoms with Crippen LogP contribution in [0.25, 0.3) is 0 Å². The van der Waals surface area contributed by atoms with Crippen LogP contribution in [0.4, 0.5) is 5.69 Å². The zero-order valence-electron chi connectivity index (χ0n) is 12.5. The molecular weight excluding hydrogens is 272 g/mol. The Morgan fingerprint density at radius 1 is 1.15 bits per heavy atom. The zero-order valence-corrected chi connectivity index (χ0v) is 13.3. The maximum Gasteiger partial charge on any atom is 0.178 e. The first-order valence-corrected chi connectivity index (χ1v) is 8.97. The van der Waals surface area contributed by atoms with Gasteiger partial charge >= 0.3 is 0 Å². The molecule has 0 bridgehead atoms. The quantitative estimate of drug-likeness (QED) is 0.927. The van der Waals surface area contributed by atoms with Crippen LogP contribution < -0.4 is 5.43 Å². The number of rotatable bonds is 4. The van der Waals surface area contributed by atoms with Crippen molar-refractivity contribution in [2.75, 3.05) is 11.2 Å². The summed E-state index contributed by atoms with van der Waals surface area (Å²) in [4.78, 5) is 0.394. The van der Waals surface area contributed by atoms with Crippen LogP contribution in [0, 0.1) is 0 Å². The van der Waals surface area contributed by atoms with Gasteiger partial charge in [-0.3, -0.25) is 0 Å². The summed E-state index contributed by atoms with van der Waals surface area (Å²) in [7, 11) is -3.11. The number of hydrogen-bond acceptors (Lipinski definition) is 4. The molecule has 1 aromatic carbocycles. The van der Waals surface area contributed by atoms with E-state index in [9.17, 15) is 8.42 Å². The smallest absolute Gasteiger partial charge is 0.178 e. The topological polar surface area (TPSA) is 49.4 Å². The average molecular weight is 296 g/mol. The van der Waals surface area contributed by atoms with Gasteiger partial charge in [0, 0.05) is 17.8 Å². The summed E-state index contributed by atoms with van der Waals surface area (Å²) in [6, 6.07) is 8.05. The molecule has 1 fully saturated rings. The minimum Gasteiger partial charge on any atom is -0.318 e. The van der Waals surface area contributed by atoms with Gasteiger partial charge in [-0.25, -0.2) is 13.4 Å². The molecule has 2 atom stereocenters. The molecule has 5 heteroatoms. The molecule has 4 nitrogen and oxygen atoms in total. The van der Waals surface area contributed by atoms with Crippen molar-refractivity contribution in [3.8, 4) is 0 Å². The van der Waals surface area contributed by atoms with E-state index in [1.807, 2.05) is 12.1 Å². The summed E-state index contributed by atoms with van der Waals surface area (Å²) in [5.74, 6) is 0.139. The molecule has 0 aliphatic carbocycles. The number of sulfone groups is 1. The van der Waals surface area contributed by atoms with Gasteiger partial charge in [-0.2, -0.15) is 0 Å². The molecular formula is C15H24N2O2S. The highest BCUT2D eigenvalue weighted by Crippen LogP contribution is 2.24. The molecule has 0 saturated carbocycles. The second kappa shape index (κ2) is 6.14. The molecule has 1 saturated heterocycles. The monoisotopic (exact) mass is 296 g/mol. The van der Waals surface area contributed by atoms with E-state index in [-0.39, 0.29) is 5.75 Å². The van der Waals surface area contributed by atoms with Crippen molar-refractivity contribution in [3.63, 3.8) is 0 Å². The van der Waals surface area contributed by atoms with Crippen molar-refractivity contribution in [2.24, 2.45) is 0 Å². The third-order valence-electron chi connectivity index (χ3n) is 4.05. The maximum atomic E-state index is 11.8. The van der Waals surface area contributed by atoms with Gasteiger partial charge in [0.1, 0.15) is 0 Å². The van der Waals surface area contributed by atoms with Crippen molar-refractivity contribution >= 4 is 15.5 Å². The summed E-state index contributed by atoms with van der Waals surface area (Å²) < 4.78 is 23.6. The lowest BCUT2D eigenvalue weighted by atomic mass is 10.00. The van der Waals surface area contributed by atoms with Crippen LogP contribution in [-0.2, 0) is 9.84 Å². The van der Waals surface area contributed by atoms with Gasteiger partial charge in [-0.15, -0.1) is 0 Å². The van der Waals surface area contributed by atoms with Gasteiger partial charge in [0.2, 0.25) is 0 Å². The molecule has 1 aromatic rings. The van der Waals surface area contributed by atoms with Crippen molar-refractivity contribution in [1.82, 2.24) is 5.01 Å². The molecule has 1 aliphatic rings. The first-order chi connectivity index (χ1) is 9.44. The molecule has 0 amide bonds. The first kappa shape index (κ1) is 15.3. The predicted molar refractivity (Wildman–Crippen MR) is 82.4 cm³/mol. The lowest BCUT2D eigenvalue weighted by molar-refractivity contribution is 0.136. The van der Waals surface area contributed by atoms with Gasteiger partial charge in [0.05, 0.1) is 10.6 Å². The van der Waals surface area contributed by atoms with Gasteiger partial charge in [-0.1, -0.05) is 13.3 Å². The molecule has 0 radical (unpaired) electrons. The van der Waals surface area contributed by atoms with E-state index < -0.39 is 9.84 Å². The Hall–Kier alpha value is -1.07. The lowest BCUT2D eigenvalue weighted by Crippen LogP contribution is -2.47. The molecule has 1 heterocycles. The number of hydrazine groups is 1. The number of nitrogens with one attached hydrogen (secondary N) is 1. The number of nitrogens with zero attached hydrogens (tertiary/aromatic N) is 1. The minimum absolute atomic E-state index is 0.139. The second-order valence-electron chi connectivity index (χ2n) is 5.58. The SMILES string of the molecule is CCS(=O)(=O)c1ccc(NN2C(C)CCCC2C)cc1. The standard InChI is InChI=1S/C15H24N2O2S/c1-4-20(18,19)15-10-8-14(9-11-15)16-17-12(2)6-5-7-13(17)3/h8-13,16H,4-7H2,1-3H3. The van der Waals surface area contributed by atoms with E-state index in [2.05, 4.69) is 24.3 Å². The van der Waals surface area contributed by atoms with Crippen molar-refractivity contribution in [1.29, 1.82) is 0 Å². The number of hydrogen-bond donors (Lipinski definition) is 1. The summed E-state index contributed by atoms with van der Waals surface area (Å²) in [6.45, 7) is 6.11. The van der Waals surface area contributed by atoms with Crippen LogP contribution in [0.2, 0.25) is 0 Å². The Bertz CT molecular complexity index is 529. The largest absolute Gasteiger partial charge is 0.318 e. The predicted octanol–water partition coefficient (Wildman–Crippen LogP) is 3.07. The summed E-state index contributed by atoms with van der Waals surface area (Å²) in [5, 5.41) is 2.27. The maximum absolute atomic E-state index is 11.8. The van der Waals surface area contributed by atoms with Crippen LogP contribution in [0.15, 0.2) is 29.2 Å². The van der Waals surface area contributed by atoms with Gasteiger partial charge in [0.25, 0.3) is 0 Å². The number of benzene rings is 1. The third kappa shape index (κ3) is 3.33. The van der Waals surface area contributed by atoms with Crippen molar-refractivity contribution in [3.05, 3.63) is 24.3 Å². The molecule has 20 heavy (non-hydrogen) atoms. The number of anilines is 1. The van der Waals surface area contributed by atoms with Gasteiger partial charge in [-0.05, 0) is 51.0 Å². The molecule has 2 rings (SSSR count). The lowest BCUT2D eigenvalue weighted by Gasteiger charge is -2.39. The fourth-order valence-electron chi connectivity index (χ4n) is 2.69. The Balaban J connectivity index is 2.11.